The standard InChI is InChI=1S/C14H19N5OS/c1-8(2)6-12-18-19-14(21-12)16-13(20)10-7-9(3)4-5-11(10)17-15/h4-5,7-8,17H,6,15H2,1-3H3,(H,16,19,20). The van der Waals surface area contributed by atoms with Gasteiger partial charge in [0.1, 0.15) is 5.01 Å². The van der Waals surface area contributed by atoms with Crippen LogP contribution >= 0.6 is 11.3 Å². The van der Waals surface area contributed by atoms with Crippen LogP contribution < -0.4 is 16.6 Å². The van der Waals surface area contributed by atoms with Crippen LogP contribution in [0.3, 0.4) is 0 Å². The number of aryl methyl sites for hydroxylation is 1. The first kappa shape index (κ1) is 15.4. The minimum Gasteiger partial charge on any atom is -0.323 e. The third-order valence-corrected chi connectivity index (χ3v) is 3.71. The Kier molecular flexibility index (Phi) is 4.87. The fourth-order valence-corrected chi connectivity index (χ4v) is 2.82. The molecule has 0 spiro atoms. The van der Waals surface area contributed by atoms with Gasteiger partial charge >= 0.3 is 0 Å². The first-order valence-electron chi connectivity index (χ1n) is 6.70. The predicted molar refractivity (Wildman–Crippen MR) is 85.4 cm³/mol. The Labute approximate surface area is 127 Å². The summed E-state index contributed by atoms with van der Waals surface area (Å²) in [6.45, 7) is 6.15. The van der Waals surface area contributed by atoms with E-state index in [0.29, 0.717) is 22.3 Å². The van der Waals surface area contributed by atoms with Crippen molar-refractivity contribution < 1.29 is 4.79 Å². The van der Waals surface area contributed by atoms with Crippen molar-refractivity contribution in [3.05, 3.63) is 34.3 Å². The molecule has 7 heteroatoms. The Balaban J connectivity index is 2.14. The number of nitrogens with two attached hydrogens (primary N) is 1. The van der Waals surface area contributed by atoms with Gasteiger partial charge in [0.2, 0.25) is 5.13 Å². The fourth-order valence-electron chi connectivity index (χ4n) is 1.87. The van der Waals surface area contributed by atoms with Crippen LogP contribution in [0.25, 0.3) is 0 Å². The van der Waals surface area contributed by atoms with Crippen LogP contribution in [0.1, 0.15) is 34.8 Å². The minimum atomic E-state index is -0.251. The SMILES string of the molecule is Cc1ccc(NN)c(C(=O)Nc2nnc(CC(C)C)s2)c1. The molecule has 6 nitrogen and oxygen atoms in total. The van der Waals surface area contributed by atoms with Crippen molar-refractivity contribution in [3.63, 3.8) is 0 Å². The smallest absolute Gasteiger partial charge is 0.259 e. The van der Waals surface area contributed by atoms with Crippen LogP contribution in [0.4, 0.5) is 10.8 Å². The van der Waals surface area contributed by atoms with Crippen molar-refractivity contribution in [3.8, 4) is 0 Å². The molecule has 0 aliphatic rings. The molecule has 112 valence electrons. The molecule has 0 unspecified atom stereocenters. The number of amides is 1. The highest BCUT2D eigenvalue weighted by molar-refractivity contribution is 7.15. The first-order chi connectivity index (χ1) is 9.99. The first-order valence-corrected chi connectivity index (χ1v) is 7.52. The van der Waals surface area contributed by atoms with E-state index in [1.165, 1.54) is 11.3 Å². The highest BCUT2D eigenvalue weighted by Crippen LogP contribution is 2.21. The van der Waals surface area contributed by atoms with Crippen LogP contribution in [0.2, 0.25) is 0 Å². The van der Waals surface area contributed by atoms with Crippen molar-refractivity contribution in [2.75, 3.05) is 10.7 Å². The third-order valence-electron chi connectivity index (χ3n) is 2.85. The molecular weight excluding hydrogens is 286 g/mol. The van der Waals surface area contributed by atoms with Crippen LogP contribution in [0.15, 0.2) is 18.2 Å². The molecule has 0 bridgehead atoms. The van der Waals surface area contributed by atoms with E-state index in [0.717, 1.165) is 17.0 Å². The Morgan fingerprint density at radius 3 is 2.81 bits per heavy atom. The molecule has 0 saturated heterocycles. The van der Waals surface area contributed by atoms with Gasteiger partial charge in [-0.05, 0) is 25.0 Å². The second-order valence-electron chi connectivity index (χ2n) is 5.25. The highest BCUT2D eigenvalue weighted by atomic mass is 32.1. The molecule has 0 fully saturated rings. The van der Waals surface area contributed by atoms with E-state index in [1.54, 1.807) is 12.1 Å². The summed E-state index contributed by atoms with van der Waals surface area (Å²) in [4.78, 5) is 12.3. The molecule has 0 atom stereocenters. The molecule has 1 heterocycles. The predicted octanol–water partition coefficient (Wildman–Crippen LogP) is 2.58. The molecule has 2 rings (SSSR count). The number of aromatic nitrogens is 2. The molecule has 4 N–H and O–H groups in total. The van der Waals surface area contributed by atoms with Crippen LogP contribution in [0.5, 0.6) is 0 Å². The molecule has 2 aromatic rings. The van der Waals surface area contributed by atoms with Gasteiger partial charge in [0, 0.05) is 6.42 Å². The maximum atomic E-state index is 12.3. The molecule has 1 aromatic heterocycles. The zero-order chi connectivity index (χ0) is 15.4. The van der Waals surface area contributed by atoms with Gasteiger partial charge in [-0.25, -0.2) is 0 Å². The fraction of sp³-hybridized carbons (Fsp3) is 0.357. The van der Waals surface area contributed by atoms with E-state index in [4.69, 9.17) is 5.84 Å². The lowest BCUT2D eigenvalue weighted by Crippen LogP contribution is -2.17. The molecule has 1 aromatic carbocycles. The van der Waals surface area contributed by atoms with Crippen molar-refractivity contribution in [2.45, 2.75) is 27.2 Å². The number of nitrogens with zero attached hydrogens (tertiary/aromatic N) is 2. The quantitative estimate of drug-likeness (QED) is 0.583. The topological polar surface area (TPSA) is 92.9 Å². The van der Waals surface area contributed by atoms with Gasteiger partial charge in [-0.1, -0.05) is 36.8 Å². The maximum absolute atomic E-state index is 12.3. The zero-order valence-corrected chi connectivity index (χ0v) is 13.1. The number of hydrazine groups is 1. The summed E-state index contributed by atoms with van der Waals surface area (Å²) in [6, 6.07) is 5.44. The van der Waals surface area contributed by atoms with Gasteiger partial charge in [0.05, 0.1) is 11.3 Å². The zero-order valence-electron chi connectivity index (χ0n) is 12.3. The molecule has 1 amide bonds. The second-order valence-corrected chi connectivity index (χ2v) is 6.31. The van der Waals surface area contributed by atoms with Crippen molar-refractivity contribution in [1.82, 2.24) is 10.2 Å². The van der Waals surface area contributed by atoms with E-state index >= 15 is 0 Å². The van der Waals surface area contributed by atoms with Crippen molar-refractivity contribution in [2.24, 2.45) is 11.8 Å². The Morgan fingerprint density at radius 1 is 1.38 bits per heavy atom. The second kappa shape index (κ2) is 6.64. The summed E-state index contributed by atoms with van der Waals surface area (Å²) in [6.07, 6.45) is 0.855. The lowest BCUT2D eigenvalue weighted by molar-refractivity contribution is 0.102. The number of nitrogen functional groups attached to an aromatic ring is 1. The summed E-state index contributed by atoms with van der Waals surface area (Å²) in [7, 11) is 0. The van der Waals surface area contributed by atoms with E-state index < -0.39 is 0 Å². The summed E-state index contributed by atoms with van der Waals surface area (Å²) >= 11 is 1.40. The Morgan fingerprint density at radius 2 is 2.14 bits per heavy atom. The summed E-state index contributed by atoms with van der Waals surface area (Å²) in [5.41, 5.74) is 4.57. The Bertz CT molecular complexity index is 638. The van der Waals surface area contributed by atoms with Crippen molar-refractivity contribution in [1.29, 1.82) is 0 Å². The molecule has 0 saturated carbocycles. The number of rotatable bonds is 5. The number of carbonyl (C=O) groups is 1. The Hall–Kier alpha value is -1.99. The van der Waals surface area contributed by atoms with Gasteiger partial charge in [-0.3, -0.25) is 16.0 Å². The molecule has 0 aliphatic carbocycles. The van der Waals surface area contributed by atoms with Gasteiger partial charge in [-0.15, -0.1) is 10.2 Å². The molecule has 21 heavy (non-hydrogen) atoms. The monoisotopic (exact) mass is 305 g/mol. The highest BCUT2D eigenvalue weighted by Gasteiger charge is 2.14. The third kappa shape index (κ3) is 3.99. The number of benzene rings is 1. The van der Waals surface area contributed by atoms with Crippen LogP contribution in [-0.4, -0.2) is 16.1 Å². The van der Waals surface area contributed by atoms with E-state index in [-0.39, 0.29) is 5.91 Å². The number of hydrogen-bond acceptors (Lipinski definition) is 6. The number of hydrogen-bond donors (Lipinski definition) is 3. The number of carbonyl (C=O) groups excluding carboxylic acids is 1. The van der Waals surface area contributed by atoms with Gasteiger partial charge in [0.25, 0.3) is 5.91 Å². The van der Waals surface area contributed by atoms with E-state index in [9.17, 15) is 4.79 Å². The summed E-state index contributed by atoms with van der Waals surface area (Å²) in [5.74, 6) is 5.69. The molecule has 0 aliphatic heterocycles. The maximum Gasteiger partial charge on any atom is 0.259 e. The summed E-state index contributed by atoms with van der Waals surface area (Å²) in [5, 5.41) is 12.3. The van der Waals surface area contributed by atoms with Crippen LogP contribution in [0, 0.1) is 12.8 Å². The average molecular weight is 305 g/mol. The van der Waals surface area contributed by atoms with E-state index in [1.807, 2.05) is 13.0 Å². The number of anilines is 2. The van der Waals surface area contributed by atoms with Crippen LogP contribution in [-0.2, 0) is 6.42 Å². The van der Waals surface area contributed by atoms with Crippen molar-refractivity contribution >= 4 is 28.1 Å². The normalized spacial score (nSPS) is 10.7. The van der Waals surface area contributed by atoms with Gasteiger partial charge in [0.15, 0.2) is 0 Å². The van der Waals surface area contributed by atoms with Gasteiger partial charge < -0.3 is 5.43 Å². The molecular formula is C14H19N5OS. The average Bonchev–Trinajstić information content (AvgIpc) is 2.85. The number of nitrogens with one attached hydrogen (secondary N) is 2. The molecule has 0 radical (unpaired) electrons. The largest absolute Gasteiger partial charge is 0.323 e. The van der Waals surface area contributed by atoms with Gasteiger partial charge in [-0.2, -0.15) is 0 Å². The summed E-state index contributed by atoms with van der Waals surface area (Å²) < 4.78 is 0. The lowest BCUT2D eigenvalue weighted by atomic mass is 10.1. The minimum absolute atomic E-state index is 0.251. The lowest BCUT2D eigenvalue weighted by Gasteiger charge is -2.08. The van der Waals surface area contributed by atoms with E-state index in [2.05, 4.69) is 34.8 Å².